The molecule has 0 bridgehead atoms. The number of nitrogens with one attached hydrogen (secondary N) is 1. The van der Waals surface area contributed by atoms with Gasteiger partial charge >= 0.3 is 0 Å². The van der Waals surface area contributed by atoms with Gasteiger partial charge in [0, 0.05) is 0 Å². The largest absolute Gasteiger partial charge is 0.394 e. The number of carbonyl (C=O) groups is 1. The number of carbonyl (C=O) groups excluding carboxylic acids is 1. The van der Waals surface area contributed by atoms with Crippen LogP contribution in [0.5, 0.6) is 0 Å². The number of hydrogen-bond donors (Lipinski definition) is 5. The highest BCUT2D eigenvalue weighted by molar-refractivity contribution is 5.80. The molecule has 4 unspecified atom stereocenters. The number of unbranched alkanes of at least 4 members (excludes halogenated alkanes) is 50. The second kappa shape index (κ2) is 65.3. The van der Waals surface area contributed by atoms with Gasteiger partial charge in [-0.05, 0) is 64.2 Å². The van der Waals surface area contributed by atoms with Crippen molar-refractivity contribution in [1.29, 1.82) is 0 Å². The molecule has 0 aliphatic carbocycles. The molecule has 77 heavy (non-hydrogen) atoms. The van der Waals surface area contributed by atoms with Crippen molar-refractivity contribution in [2.45, 2.75) is 404 Å². The summed E-state index contributed by atoms with van der Waals surface area (Å²) in [6, 6.07) is -1.01. The molecule has 6 nitrogen and oxygen atoms in total. The first-order chi connectivity index (χ1) is 38.0. The number of hydrogen-bond acceptors (Lipinski definition) is 5. The number of aliphatic hydroxyl groups is 4. The van der Waals surface area contributed by atoms with E-state index < -0.39 is 36.9 Å². The molecular weight excluding hydrogens is 947 g/mol. The minimum Gasteiger partial charge on any atom is -0.394 e. The van der Waals surface area contributed by atoms with Gasteiger partial charge in [-0.15, -0.1) is 0 Å². The van der Waals surface area contributed by atoms with Gasteiger partial charge in [0.1, 0.15) is 12.2 Å². The van der Waals surface area contributed by atoms with Crippen LogP contribution >= 0.6 is 0 Å². The van der Waals surface area contributed by atoms with Crippen molar-refractivity contribution < 1.29 is 25.2 Å². The third-order valence-electron chi connectivity index (χ3n) is 16.6. The Labute approximate surface area is 481 Å². The molecule has 0 aromatic carbocycles. The maximum atomic E-state index is 12.7. The number of amides is 1. The third kappa shape index (κ3) is 59.0. The SMILES string of the molecule is CCCCCCCCCCCCCCCC/C=C/CC/C=C/CC/C=C/CCCC(O)C(O)C(CO)NC(=O)C(O)CCCCCCCCCCCCCCCCCCCCCCCCCCCCCCCCCCCC. The van der Waals surface area contributed by atoms with Crippen molar-refractivity contribution >= 4 is 5.91 Å². The predicted molar refractivity (Wildman–Crippen MR) is 339 cm³/mol. The molecule has 0 aliphatic heterocycles. The highest BCUT2D eigenvalue weighted by Crippen LogP contribution is 2.19. The van der Waals surface area contributed by atoms with E-state index in [9.17, 15) is 25.2 Å². The summed E-state index contributed by atoms with van der Waals surface area (Å²) in [4.78, 5) is 12.7. The van der Waals surface area contributed by atoms with Gasteiger partial charge in [0.25, 0.3) is 0 Å². The highest BCUT2D eigenvalue weighted by Gasteiger charge is 2.28. The fourth-order valence-corrected chi connectivity index (χ4v) is 11.1. The Morgan fingerprint density at radius 3 is 0.818 bits per heavy atom. The van der Waals surface area contributed by atoms with E-state index in [-0.39, 0.29) is 0 Å². The zero-order valence-electron chi connectivity index (χ0n) is 52.0. The third-order valence-corrected chi connectivity index (χ3v) is 16.6. The van der Waals surface area contributed by atoms with Crippen molar-refractivity contribution in [3.05, 3.63) is 36.5 Å². The van der Waals surface area contributed by atoms with Crippen molar-refractivity contribution in [2.75, 3.05) is 6.61 Å². The van der Waals surface area contributed by atoms with E-state index in [4.69, 9.17) is 0 Å². The van der Waals surface area contributed by atoms with Gasteiger partial charge in [-0.2, -0.15) is 0 Å². The molecule has 456 valence electrons. The summed E-state index contributed by atoms with van der Waals surface area (Å²) in [7, 11) is 0. The van der Waals surface area contributed by atoms with Gasteiger partial charge in [-0.3, -0.25) is 4.79 Å². The summed E-state index contributed by atoms with van der Waals surface area (Å²) in [5, 5.41) is 44.2. The molecule has 5 N–H and O–H groups in total. The first-order valence-electron chi connectivity index (χ1n) is 34.9. The van der Waals surface area contributed by atoms with E-state index in [1.165, 1.54) is 295 Å². The molecule has 0 saturated carbocycles. The molecule has 0 saturated heterocycles. The summed E-state index contributed by atoms with van der Waals surface area (Å²) in [6.07, 6.45) is 84.2. The van der Waals surface area contributed by atoms with Crippen molar-refractivity contribution in [3.8, 4) is 0 Å². The molecule has 0 rings (SSSR count). The lowest BCUT2D eigenvalue weighted by molar-refractivity contribution is -0.132. The van der Waals surface area contributed by atoms with Crippen LogP contribution in [0.2, 0.25) is 0 Å². The first kappa shape index (κ1) is 75.5. The van der Waals surface area contributed by atoms with E-state index in [0.717, 1.165) is 51.4 Å². The Morgan fingerprint density at radius 2 is 0.545 bits per heavy atom. The molecule has 0 aromatic rings. The molecule has 0 heterocycles. The fraction of sp³-hybridized carbons (Fsp3) is 0.901. The van der Waals surface area contributed by atoms with Gasteiger partial charge in [-0.1, -0.05) is 352 Å². The Balaban J connectivity index is 3.58. The molecule has 4 atom stereocenters. The summed E-state index contributed by atoms with van der Waals surface area (Å²) >= 11 is 0. The van der Waals surface area contributed by atoms with Crippen LogP contribution in [0, 0.1) is 0 Å². The predicted octanol–water partition coefficient (Wildman–Crippen LogP) is 21.5. The number of allylic oxidation sites excluding steroid dienone is 6. The Bertz CT molecular complexity index is 1220. The van der Waals surface area contributed by atoms with E-state index in [1.807, 2.05) is 0 Å². The molecule has 0 radical (unpaired) electrons. The fourth-order valence-electron chi connectivity index (χ4n) is 11.1. The van der Waals surface area contributed by atoms with Gasteiger partial charge in [-0.25, -0.2) is 0 Å². The maximum absolute atomic E-state index is 12.7. The van der Waals surface area contributed by atoms with Gasteiger partial charge < -0.3 is 25.7 Å². The second-order valence-corrected chi connectivity index (χ2v) is 24.2. The molecule has 0 fully saturated rings. The first-order valence-corrected chi connectivity index (χ1v) is 34.9. The second-order valence-electron chi connectivity index (χ2n) is 24.2. The van der Waals surface area contributed by atoms with Crippen LogP contribution < -0.4 is 5.32 Å². The van der Waals surface area contributed by atoms with Gasteiger partial charge in [0.05, 0.1) is 18.8 Å². The van der Waals surface area contributed by atoms with Crippen LogP contribution in [0.4, 0.5) is 0 Å². The maximum Gasteiger partial charge on any atom is 0.249 e. The Kier molecular flexibility index (Phi) is 64.1. The quantitative estimate of drug-likeness (QED) is 0.0308. The lowest BCUT2D eigenvalue weighted by atomic mass is 10.00. The van der Waals surface area contributed by atoms with E-state index in [2.05, 4.69) is 55.6 Å². The molecule has 6 heteroatoms. The molecule has 1 amide bonds. The van der Waals surface area contributed by atoms with Gasteiger partial charge in [0.15, 0.2) is 0 Å². The van der Waals surface area contributed by atoms with Gasteiger partial charge in [0.2, 0.25) is 5.91 Å². The highest BCUT2D eigenvalue weighted by atomic mass is 16.3. The summed E-state index contributed by atoms with van der Waals surface area (Å²) in [6.45, 7) is 4.09. The summed E-state index contributed by atoms with van der Waals surface area (Å²) in [5.41, 5.74) is 0. The summed E-state index contributed by atoms with van der Waals surface area (Å²) in [5.74, 6) is -0.592. The smallest absolute Gasteiger partial charge is 0.249 e. The van der Waals surface area contributed by atoms with Crippen LogP contribution in [-0.2, 0) is 4.79 Å². The van der Waals surface area contributed by atoms with Crippen LogP contribution in [0.25, 0.3) is 0 Å². The number of aliphatic hydroxyl groups excluding tert-OH is 4. The van der Waals surface area contributed by atoms with Crippen LogP contribution in [0.1, 0.15) is 380 Å². The van der Waals surface area contributed by atoms with Crippen LogP contribution in [0.15, 0.2) is 36.5 Å². The van der Waals surface area contributed by atoms with Crippen molar-refractivity contribution in [1.82, 2.24) is 5.32 Å². The standard InChI is InChI=1S/C71H137NO5/c1-3-5-7-9-11-13-15-17-19-21-23-25-27-29-31-32-33-34-35-36-37-39-41-43-45-47-49-51-53-55-57-59-61-63-65-69(75)71(77)72-67(66-73)70(76)68(74)64-62-60-58-56-54-52-50-48-46-44-42-40-38-30-28-26-24-22-20-18-16-14-12-10-8-6-4-2/h40,42,48,50,56,58,67-70,73-76H,3-39,41,43-47,49,51-55,57,59-66H2,1-2H3,(H,72,77)/b42-40+,50-48+,58-56+. The minimum absolute atomic E-state index is 0.362. The molecule has 0 aromatic heterocycles. The minimum atomic E-state index is -1.29. The average Bonchev–Trinajstić information content (AvgIpc) is 3.43. The normalized spacial score (nSPS) is 13.7. The van der Waals surface area contributed by atoms with E-state index in [0.29, 0.717) is 19.3 Å². The molecule has 0 aliphatic rings. The topological polar surface area (TPSA) is 110 Å². The lowest BCUT2D eigenvalue weighted by Crippen LogP contribution is -2.53. The monoisotopic (exact) mass is 1080 g/mol. The molecule has 0 spiro atoms. The van der Waals surface area contributed by atoms with Crippen LogP contribution in [0.3, 0.4) is 0 Å². The zero-order chi connectivity index (χ0) is 55.8. The zero-order valence-corrected chi connectivity index (χ0v) is 52.0. The van der Waals surface area contributed by atoms with Crippen LogP contribution in [-0.4, -0.2) is 57.3 Å². The van der Waals surface area contributed by atoms with E-state index in [1.54, 1.807) is 0 Å². The van der Waals surface area contributed by atoms with Crippen molar-refractivity contribution in [3.63, 3.8) is 0 Å². The van der Waals surface area contributed by atoms with Crippen molar-refractivity contribution in [2.24, 2.45) is 0 Å². The molecular formula is C71H137NO5. The number of rotatable bonds is 65. The summed E-state index contributed by atoms with van der Waals surface area (Å²) < 4.78 is 0. The lowest BCUT2D eigenvalue weighted by Gasteiger charge is -2.27. The average molecular weight is 1080 g/mol. The Morgan fingerprint density at radius 1 is 0.312 bits per heavy atom. The van der Waals surface area contributed by atoms with E-state index >= 15 is 0 Å². The Hall–Kier alpha value is -1.47.